The van der Waals surface area contributed by atoms with Crippen molar-refractivity contribution in [1.29, 1.82) is 0 Å². The Morgan fingerprint density at radius 1 is 2.00 bits per heavy atom. The van der Waals surface area contributed by atoms with E-state index in [1.165, 1.54) is 0 Å². The van der Waals surface area contributed by atoms with Gasteiger partial charge in [0.15, 0.2) is 0 Å². The van der Waals surface area contributed by atoms with Crippen LogP contribution in [0.2, 0.25) is 0 Å². The van der Waals surface area contributed by atoms with Crippen molar-refractivity contribution < 1.29 is 4.39 Å². The van der Waals surface area contributed by atoms with Crippen LogP contribution in [0.25, 0.3) is 0 Å². The van der Waals surface area contributed by atoms with Crippen molar-refractivity contribution >= 4 is 12.6 Å². The van der Waals surface area contributed by atoms with E-state index in [0.29, 0.717) is 0 Å². The molecule has 2 heteroatoms. The summed E-state index contributed by atoms with van der Waals surface area (Å²) >= 11 is 3.10. The SMILES string of the molecule is C=C(F)S. The summed E-state index contributed by atoms with van der Waals surface area (Å²) in [5.41, 5.74) is 0. The molecular weight excluding hydrogens is 75.1 g/mol. The Kier molecular flexibility index (Phi) is 1.36. The zero-order valence-electron chi connectivity index (χ0n) is 2.03. The van der Waals surface area contributed by atoms with Gasteiger partial charge in [0.1, 0.15) is 5.16 Å². The van der Waals surface area contributed by atoms with E-state index in [2.05, 4.69) is 19.2 Å². The minimum atomic E-state index is -0.639. The first-order valence-electron chi connectivity index (χ1n) is 0.766. The van der Waals surface area contributed by atoms with E-state index >= 15 is 0 Å². The fourth-order valence-corrected chi connectivity index (χ4v) is 0. The van der Waals surface area contributed by atoms with Gasteiger partial charge in [-0.25, -0.2) is 4.39 Å². The summed E-state index contributed by atoms with van der Waals surface area (Å²) in [4.78, 5) is 0. The molecule has 0 N–H and O–H groups in total. The first kappa shape index (κ1) is 4.02. The Labute approximate surface area is 29.7 Å². The summed E-state index contributed by atoms with van der Waals surface area (Å²) < 4.78 is 10.7. The fraction of sp³-hybridized carbons (Fsp3) is 0. The largest absolute Gasteiger partial charge is 0.200 e. The smallest absolute Gasteiger partial charge is 0.146 e. The van der Waals surface area contributed by atoms with Crippen LogP contribution < -0.4 is 0 Å². The minimum absolute atomic E-state index is 0.639. The van der Waals surface area contributed by atoms with Gasteiger partial charge in [-0.3, -0.25) is 0 Å². The third kappa shape index (κ3) is 5250. The molecule has 0 atom stereocenters. The van der Waals surface area contributed by atoms with Gasteiger partial charge in [-0.15, -0.1) is 12.6 Å². The van der Waals surface area contributed by atoms with Gasteiger partial charge in [0.2, 0.25) is 0 Å². The normalized spacial score (nSPS) is 6.50. The maximum atomic E-state index is 10.7. The maximum absolute atomic E-state index is 10.7. The highest BCUT2D eigenvalue weighted by Crippen LogP contribution is 1.91. The van der Waals surface area contributed by atoms with Gasteiger partial charge in [-0.05, 0) is 0 Å². The van der Waals surface area contributed by atoms with Gasteiger partial charge >= 0.3 is 0 Å². The van der Waals surface area contributed by atoms with Gasteiger partial charge in [0.25, 0.3) is 0 Å². The predicted octanol–water partition coefficient (Wildman–Crippen LogP) is 1.36. The van der Waals surface area contributed by atoms with Crippen LogP contribution in [0.15, 0.2) is 11.7 Å². The first-order valence-corrected chi connectivity index (χ1v) is 1.21. The molecule has 0 aromatic heterocycles. The van der Waals surface area contributed by atoms with Crippen LogP contribution in [0, 0.1) is 0 Å². The van der Waals surface area contributed by atoms with Crippen molar-refractivity contribution in [1.82, 2.24) is 0 Å². The number of hydrogen-bond donors (Lipinski definition) is 1. The summed E-state index contributed by atoms with van der Waals surface area (Å²) in [6.45, 7) is 2.75. The number of hydrogen-bond acceptors (Lipinski definition) is 1. The second-order valence-corrected chi connectivity index (χ2v) is 0.862. The third-order valence-corrected chi connectivity index (χ3v) is 0. The predicted molar refractivity (Wildman–Crippen MR) is 19.2 cm³/mol. The lowest BCUT2D eigenvalue weighted by molar-refractivity contribution is 0.706. The Morgan fingerprint density at radius 2 is 2.00 bits per heavy atom. The molecule has 0 amide bonds. The van der Waals surface area contributed by atoms with E-state index in [9.17, 15) is 4.39 Å². The molecule has 0 aromatic carbocycles. The topological polar surface area (TPSA) is 0 Å². The van der Waals surface area contributed by atoms with Crippen molar-refractivity contribution in [2.45, 2.75) is 0 Å². The molecule has 0 rings (SSSR count). The Morgan fingerprint density at radius 3 is 2.00 bits per heavy atom. The lowest BCUT2D eigenvalue weighted by Gasteiger charge is -1.58. The van der Waals surface area contributed by atoms with Crippen molar-refractivity contribution in [3.63, 3.8) is 0 Å². The summed E-state index contributed by atoms with van der Waals surface area (Å²) in [5, 5.41) is -0.639. The van der Waals surface area contributed by atoms with Crippen LogP contribution in [0.3, 0.4) is 0 Å². The molecule has 0 spiro atoms. The molecule has 4 heavy (non-hydrogen) atoms. The molecule has 0 saturated carbocycles. The molecule has 0 bridgehead atoms. The van der Waals surface area contributed by atoms with Gasteiger partial charge in [0.05, 0.1) is 0 Å². The van der Waals surface area contributed by atoms with Gasteiger partial charge in [-0.2, -0.15) is 0 Å². The Balaban J connectivity index is 2.80. The molecule has 0 fully saturated rings. The summed E-state index contributed by atoms with van der Waals surface area (Å²) in [7, 11) is 0. The highest BCUT2D eigenvalue weighted by Gasteiger charge is 1.59. The lowest BCUT2D eigenvalue weighted by atomic mass is 11.2. The molecule has 0 aliphatic heterocycles. The highest BCUT2D eigenvalue weighted by molar-refractivity contribution is 7.84. The summed E-state index contributed by atoms with van der Waals surface area (Å²) in [5.74, 6) is 0. The average Bonchev–Trinajstić information content (AvgIpc) is 0.811. The quantitative estimate of drug-likeness (QED) is 0.415. The van der Waals surface area contributed by atoms with E-state index < -0.39 is 5.16 Å². The zero-order chi connectivity index (χ0) is 3.58. The monoisotopic (exact) mass is 78.0 g/mol. The lowest BCUT2D eigenvalue weighted by Crippen LogP contribution is -1.29. The van der Waals surface area contributed by atoms with Crippen LogP contribution in [-0.2, 0) is 0 Å². The molecule has 0 heterocycles. The Bertz CT molecular complexity index is 29.0. The van der Waals surface area contributed by atoms with E-state index in [0.717, 1.165) is 0 Å². The molecule has 0 aliphatic rings. The van der Waals surface area contributed by atoms with E-state index in [-0.39, 0.29) is 0 Å². The Hall–Kier alpha value is 0.0200. The van der Waals surface area contributed by atoms with Gasteiger partial charge in [-0.1, -0.05) is 6.58 Å². The molecule has 24 valence electrons. The van der Waals surface area contributed by atoms with Gasteiger partial charge in [0, 0.05) is 0 Å². The summed E-state index contributed by atoms with van der Waals surface area (Å²) in [6.07, 6.45) is 0. The molecule has 0 radical (unpaired) electrons. The second-order valence-electron chi connectivity index (χ2n) is 0.376. The number of thiol groups is 1. The average molecular weight is 78.1 g/mol. The standard InChI is InChI=1S/C2H3FS/c1-2(3)4/h4H,1H2. The number of rotatable bonds is 0. The fourth-order valence-electron chi connectivity index (χ4n) is 0. The molecule has 0 saturated heterocycles. The van der Waals surface area contributed by atoms with Crippen LogP contribution in [0.5, 0.6) is 0 Å². The molecule has 0 aliphatic carbocycles. The molecule has 0 unspecified atom stereocenters. The van der Waals surface area contributed by atoms with Crippen molar-refractivity contribution in [3.8, 4) is 0 Å². The maximum Gasteiger partial charge on any atom is 0.146 e. The first-order chi connectivity index (χ1) is 1.73. The van der Waals surface area contributed by atoms with E-state index in [4.69, 9.17) is 0 Å². The third-order valence-electron chi connectivity index (χ3n) is 0. The van der Waals surface area contributed by atoms with Crippen LogP contribution in [0.4, 0.5) is 4.39 Å². The molecule has 0 aromatic rings. The number of halogens is 1. The van der Waals surface area contributed by atoms with Crippen molar-refractivity contribution in [3.05, 3.63) is 11.7 Å². The van der Waals surface area contributed by atoms with Crippen LogP contribution in [-0.4, -0.2) is 0 Å². The molecule has 0 nitrogen and oxygen atoms in total. The van der Waals surface area contributed by atoms with E-state index in [1.807, 2.05) is 0 Å². The van der Waals surface area contributed by atoms with Crippen LogP contribution >= 0.6 is 12.6 Å². The van der Waals surface area contributed by atoms with Crippen LogP contribution in [0.1, 0.15) is 0 Å². The van der Waals surface area contributed by atoms with Crippen molar-refractivity contribution in [2.24, 2.45) is 0 Å². The highest BCUT2D eigenvalue weighted by atomic mass is 32.1. The van der Waals surface area contributed by atoms with E-state index in [1.54, 1.807) is 0 Å². The minimum Gasteiger partial charge on any atom is -0.200 e. The van der Waals surface area contributed by atoms with Crippen molar-refractivity contribution in [2.75, 3.05) is 0 Å². The van der Waals surface area contributed by atoms with Gasteiger partial charge < -0.3 is 0 Å². The zero-order valence-corrected chi connectivity index (χ0v) is 2.93. The summed E-state index contributed by atoms with van der Waals surface area (Å²) in [6, 6.07) is 0. The molecular formula is C2H3FS. The second kappa shape index (κ2) is 1.35.